The van der Waals surface area contributed by atoms with E-state index in [1.807, 2.05) is 17.9 Å². The van der Waals surface area contributed by atoms with E-state index in [1.54, 1.807) is 30.5 Å². The molecule has 4 rings (SSSR count). The molecule has 0 spiro atoms. The number of anilines is 2. The Hall–Kier alpha value is -3.42. The van der Waals surface area contributed by atoms with Crippen molar-refractivity contribution in [3.8, 4) is 5.75 Å². The Kier molecular flexibility index (Phi) is 5.65. The first kappa shape index (κ1) is 19.9. The summed E-state index contributed by atoms with van der Waals surface area (Å²) in [5.74, 6) is 0.118. The summed E-state index contributed by atoms with van der Waals surface area (Å²) in [4.78, 5) is 45.2. The predicted octanol–water partition coefficient (Wildman–Crippen LogP) is 2.38. The van der Waals surface area contributed by atoms with Gasteiger partial charge in [0.1, 0.15) is 18.1 Å². The molecule has 2 aliphatic rings. The molecule has 1 saturated heterocycles. The number of aryl methyl sites for hydroxylation is 1. The molecule has 2 aromatic rings. The summed E-state index contributed by atoms with van der Waals surface area (Å²) >= 11 is 0. The summed E-state index contributed by atoms with van der Waals surface area (Å²) in [6.45, 7) is 3.04. The Morgan fingerprint density at radius 1 is 1.13 bits per heavy atom. The van der Waals surface area contributed by atoms with Crippen LogP contribution in [0.5, 0.6) is 5.75 Å². The second kappa shape index (κ2) is 8.52. The van der Waals surface area contributed by atoms with Gasteiger partial charge in [0.15, 0.2) is 6.61 Å². The van der Waals surface area contributed by atoms with Gasteiger partial charge in [0.2, 0.25) is 5.91 Å². The van der Waals surface area contributed by atoms with Crippen molar-refractivity contribution < 1.29 is 19.1 Å². The molecule has 1 fully saturated rings. The van der Waals surface area contributed by atoms with Crippen LogP contribution in [0.15, 0.2) is 36.5 Å². The standard InChI is InChI=1S/C22H24N4O4/c1-15-5-8-19(23-12-15)24-20(27)13-26-17-11-16(6-7-18(17)30-14-21(26)28)22(29)25-9-3-2-4-10-25/h5-8,11-12H,2-4,9-10,13-14H2,1H3,(H,23,24,27). The quantitative estimate of drug-likeness (QED) is 0.839. The summed E-state index contributed by atoms with van der Waals surface area (Å²) < 4.78 is 5.50. The molecule has 0 aliphatic carbocycles. The number of carbonyl (C=O) groups is 3. The molecule has 2 aliphatic heterocycles. The second-order valence-corrected chi connectivity index (χ2v) is 7.57. The van der Waals surface area contributed by atoms with Crippen LogP contribution < -0.4 is 15.0 Å². The average Bonchev–Trinajstić information content (AvgIpc) is 2.77. The van der Waals surface area contributed by atoms with Gasteiger partial charge in [-0.2, -0.15) is 0 Å². The first-order valence-corrected chi connectivity index (χ1v) is 10.1. The van der Waals surface area contributed by atoms with Crippen LogP contribution in [0.2, 0.25) is 0 Å². The maximum atomic E-state index is 12.9. The van der Waals surface area contributed by atoms with Gasteiger partial charge in [-0.3, -0.25) is 19.3 Å². The van der Waals surface area contributed by atoms with E-state index in [0.29, 0.717) is 22.8 Å². The van der Waals surface area contributed by atoms with Crippen LogP contribution in [0.25, 0.3) is 0 Å². The second-order valence-electron chi connectivity index (χ2n) is 7.57. The number of likely N-dealkylation sites (tertiary alicyclic amines) is 1. The smallest absolute Gasteiger partial charge is 0.265 e. The highest BCUT2D eigenvalue weighted by Gasteiger charge is 2.29. The van der Waals surface area contributed by atoms with Crippen LogP contribution in [0, 0.1) is 6.92 Å². The van der Waals surface area contributed by atoms with Gasteiger partial charge in [-0.05, 0) is 56.0 Å². The molecule has 8 heteroatoms. The van der Waals surface area contributed by atoms with E-state index >= 15 is 0 Å². The molecule has 156 valence electrons. The number of benzene rings is 1. The van der Waals surface area contributed by atoms with Gasteiger partial charge in [-0.25, -0.2) is 4.98 Å². The lowest BCUT2D eigenvalue weighted by Gasteiger charge is -2.30. The van der Waals surface area contributed by atoms with E-state index in [-0.39, 0.29) is 30.9 Å². The monoisotopic (exact) mass is 408 g/mol. The maximum absolute atomic E-state index is 12.9. The van der Waals surface area contributed by atoms with Crippen LogP contribution in [-0.4, -0.2) is 53.8 Å². The summed E-state index contributed by atoms with van der Waals surface area (Å²) in [5, 5.41) is 2.70. The summed E-state index contributed by atoms with van der Waals surface area (Å²) in [6, 6.07) is 8.58. The molecule has 0 saturated carbocycles. The average molecular weight is 408 g/mol. The van der Waals surface area contributed by atoms with Gasteiger partial charge in [0, 0.05) is 24.8 Å². The Labute approximate surface area is 174 Å². The Bertz CT molecular complexity index is 968. The number of nitrogens with zero attached hydrogens (tertiary/aromatic N) is 3. The fourth-order valence-corrected chi connectivity index (χ4v) is 3.66. The predicted molar refractivity (Wildman–Crippen MR) is 112 cm³/mol. The van der Waals surface area contributed by atoms with Crippen LogP contribution in [-0.2, 0) is 9.59 Å². The van der Waals surface area contributed by atoms with E-state index in [4.69, 9.17) is 4.74 Å². The number of aromatic nitrogens is 1. The number of hydrogen-bond acceptors (Lipinski definition) is 5. The van der Waals surface area contributed by atoms with E-state index in [1.165, 1.54) is 4.90 Å². The number of nitrogens with one attached hydrogen (secondary N) is 1. The van der Waals surface area contributed by atoms with Crippen molar-refractivity contribution in [1.82, 2.24) is 9.88 Å². The molecule has 0 atom stereocenters. The van der Waals surface area contributed by atoms with Gasteiger partial charge in [0.05, 0.1) is 5.69 Å². The zero-order chi connectivity index (χ0) is 21.1. The third-order valence-electron chi connectivity index (χ3n) is 5.27. The van der Waals surface area contributed by atoms with E-state index in [9.17, 15) is 14.4 Å². The van der Waals surface area contributed by atoms with Gasteiger partial charge in [-0.15, -0.1) is 0 Å². The lowest BCUT2D eigenvalue weighted by molar-refractivity contribution is -0.123. The summed E-state index contributed by atoms with van der Waals surface area (Å²) in [7, 11) is 0. The van der Waals surface area contributed by atoms with Gasteiger partial charge in [-0.1, -0.05) is 6.07 Å². The zero-order valence-corrected chi connectivity index (χ0v) is 16.9. The van der Waals surface area contributed by atoms with Gasteiger partial charge >= 0.3 is 0 Å². The first-order valence-electron chi connectivity index (χ1n) is 10.1. The van der Waals surface area contributed by atoms with Gasteiger partial charge < -0.3 is 15.0 Å². The van der Waals surface area contributed by atoms with E-state index in [0.717, 1.165) is 37.9 Å². The van der Waals surface area contributed by atoms with Crippen molar-refractivity contribution in [2.45, 2.75) is 26.2 Å². The van der Waals surface area contributed by atoms with E-state index < -0.39 is 0 Å². The Balaban J connectivity index is 1.53. The van der Waals surface area contributed by atoms with Crippen molar-refractivity contribution in [2.24, 2.45) is 0 Å². The lowest BCUT2D eigenvalue weighted by Crippen LogP contribution is -2.43. The Morgan fingerprint density at radius 3 is 2.67 bits per heavy atom. The summed E-state index contributed by atoms with van der Waals surface area (Å²) in [5.41, 5.74) is 1.90. The third-order valence-corrected chi connectivity index (χ3v) is 5.27. The largest absolute Gasteiger partial charge is 0.482 e. The van der Waals surface area contributed by atoms with Crippen molar-refractivity contribution >= 4 is 29.2 Å². The summed E-state index contributed by atoms with van der Waals surface area (Å²) in [6.07, 6.45) is 4.79. The highest BCUT2D eigenvalue weighted by atomic mass is 16.5. The highest BCUT2D eigenvalue weighted by molar-refractivity contribution is 6.06. The lowest BCUT2D eigenvalue weighted by atomic mass is 10.1. The molecular weight excluding hydrogens is 384 g/mol. The molecule has 0 unspecified atom stereocenters. The van der Waals surface area contributed by atoms with Crippen LogP contribution in [0.1, 0.15) is 35.2 Å². The van der Waals surface area contributed by atoms with Crippen molar-refractivity contribution in [2.75, 3.05) is 36.5 Å². The van der Waals surface area contributed by atoms with Crippen LogP contribution >= 0.6 is 0 Å². The molecule has 0 bridgehead atoms. The number of hydrogen-bond donors (Lipinski definition) is 1. The zero-order valence-electron chi connectivity index (χ0n) is 16.9. The number of carbonyl (C=O) groups excluding carboxylic acids is 3. The number of rotatable bonds is 4. The molecule has 8 nitrogen and oxygen atoms in total. The number of pyridine rings is 1. The number of fused-ring (bicyclic) bond motifs is 1. The third kappa shape index (κ3) is 4.27. The SMILES string of the molecule is Cc1ccc(NC(=O)CN2C(=O)COc3ccc(C(=O)N4CCCCC4)cc32)nc1. The topological polar surface area (TPSA) is 91.8 Å². The molecular formula is C22H24N4O4. The molecule has 3 heterocycles. The maximum Gasteiger partial charge on any atom is 0.265 e. The number of ether oxygens (including phenoxy) is 1. The normalized spacial score (nSPS) is 16.0. The molecule has 1 aromatic carbocycles. The van der Waals surface area contributed by atoms with E-state index in [2.05, 4.69) is 10.3 Å². The molecule has 1 aromatic heterocycles. The first-order chi connectivity index (χ1) is 14.5. The number of piperidine rings is 1. The molecule has 1 N–H and O–H groups in total. The molecule has 3 amide bonds. The minimum Gasteiger partial charge on any atom is -0.482 e. The minimum absolute atomic E-state index is 0.0659. The van der Waals surface area contributed by atoms with Crippen molar-refractivity contribution in [3.05, 3.63) is 47.7 Å². The van der Waals surface area contributed by atoms with Gasteiger partial charge in [0.25, 0.3) is 11.8 Å². The van der Waals surface area contributed by atoms with Crippen molar-refractivity contribution in [3.63, 3.8) is 0 Å². The van der Waals surface area contributed by atoms with Crippen LogP contribution in [0.3, 0.4) is 0 Å². The Morgan fingerprint density at radius 2 is 1.93 bits per heavy atom. The fourth-order valence-electron chi connectivity index (χ4n) is 3.66. The molecule has 0 radical (unpaired) electrons. The minimum atomic E-state index is -0.375. The fraction of sp³-hybridized carbons (Fsp3) is 0.364. The van der Waals surface area contributed by atoms with Crippen molar-refractivity contribution in [1.29, 1.82) is 0 Å². The molecule has 30 heavy (non-hydrogen) atoms. The number of amides is 3. The van der Waals surface area contributed by atoms with Crippen LogP contribution in [0.4, 0.5) is 11.5 Å². The highest BCUT2D eigenvalue weighted by Crippen LogP contribution is 2.33.